The van der Waals surface area contributed by atoms with E-state index in [-0.39, 0.29) is 28.6 Å². The van der Waals surface area contributed by atoms with Crippen LogP contribution in [0.5, 0.6) is 5.75 Å². The van der Waals surface area contributed by atoms with Gasteiger partial charge in [0, 0.05) is 0 Å². The smallest absolute Gasteiger partial charge is 0.435 e. The van der Waals surface area contributed by atoms with E-state index in [2.05, 4.69) is 9.72 Å². The molecule has 2 aromatic rings. The van der Waals surface area contributed by atoms with Crippen molar-refractivity contribution in [2.75, 3.05) is 18.4 Å². The number of nitrogens with one attached hydrogen (secondary N) is 1. The van der Waals surface area contributed by atoms with Gasteiger partial charge in [-0.05, 0) is 44.0 Å². The van der Waals surface area contributed by atoms with Gasteiger partial charge in [-0.3, -0.25) is 4.72 Å². The molecular formula is C16H17F3N2O5S2. The van der Waals surface area contributed by atoms with Crippen LogP contribution < -0.4 is 9.46 Å². The predicted octanol–water partition coefficient (Wildman–Crippen LogP) is 3.76. The lowest BCUT2D eigenvalue weighted by molar-refractivity contribution is -0.141. The molecule has 2 rings (SSSR count). The standard InChI is InChI=1S/C16H17F3N2O5S2/c1-5-26-14(22)12-13(16(17,18)19)20-15(27-12)21-28(23,24)11-7-9(3)8(2)6-10(11)25-4/h6-7H,5H2,1-4H3,(H,20,21). The molecule has 0 aliphatic rings. The van der Waals surface area contributed by atoms with Crippen molar-refractivity contribution in [3.63, 3.8) is 0 Å². The molecule has 154 valence electrons. The Morgan fingerprint density at radius 2 is 1.86 bits per heavy atom. The minimum Gasteiger partial charge on any atom is -0.495 e. The normalized spacial score (nSPS) is 12.0. The van der Waals surface area contributed by atoms with Gasteiger partial charge in [0.2, 0.25) is 0 Å². The molecule has 0 bridgehead atoms. The van der Waals surface area contributed by atoms with E-state index in [9.17, 15) is 26.4 Å². The summed E-state index contributed by atoms with van der Waals surface area (Å²) in [5, 5.41) is -0.615. The van der Waals surface area contributed by atoms with Gasteiger partial charge in [0.1, 0.15) is 15.5 Å². The molecule has 0 aliphatic carbocycles. The largest absolute Gasteiger partial charge is 0.495 e. The Hall–Kier alpha value is -2.34. The van der Waals surface area contributed by atoms with Crippen LogP contribution in [0.15, 0.2) is 17.0 Å². The van der Waals surface area contributed by atoms with E-state index < -0.39 is 37.9 Å². The van der Waals surface area contributed by atoms with Crippen molar-refractivity contribution in [3.05, 3.63) is 33.8 Å². The summed E-state index contributed by atoms with van der Waals surface area (Å²) in [6.07, 6.45) is -4.96. The monoisotopic (exact) mass is 438 g/mol. The van der Waals surface area contributed by atoms with Gasteiger partial charge in [0.15, 0.2) is 10.8 Å². The predicted molar refractivity (Wildman–Crippen MR) is 96.3 cm³/mol. The van der Waals surface area contributed by atoms with Gasteiger partial charge in [-0.2, -0.15) is 13.2 Å². The Kier molecular flexibility index (Phi) is 6.24. The zero-order valence-electron chi connectivity index (χ0n) is 15.3. The summed E-state index contributed by atoms with van der Waals surface area (Å²) in [4.78, 5) is 13.9. The van der Waals surface area contributed by atoms with E-state index in [1.807, 2.05) is 4.72 Å². The molecule has 1 aromatic heterocycles. The van der Waals surface area contributed by atoms with Gasteiger partial charge < -0.3 is 9.47 Å². The number of hydrogen-bond acceptors (Lipinski definition) is 7. The van der Waals surface area contributed by atoms with Gasteiger partial charge in [-0.1, -0.05) is 11.3 Å². The number of sulfonamides is 1. The number of ether oxygens (including phenoxy) is 2. The van der Waals surface area contributed by atoms with Crippen LogP contribution in [0.4, 0.5) is 18.3 Å². The third-order valence-corrected chi connectivity index (χ3v) is 6.09. The minimum atomic E-state index is -4.96. The summed E-state index contributed by atoms with van der Waals surface area (Å²) >= 11 is 0.240. The average molecular weight is 438 g/mol. The third-order valence-electron chi connectivity index (χ3n) is 3.65. The number of thiazole rings is 1. The second-order valence-corrected chi connectivity index (χ2v) is 8.26. The molecule has 1 N–H and O–H groups in total. The Morgan fingerprint density at radius 1 is 1.25 bits per heavy atom. The number of methoxy groups -OCH3 is 1. The van der Waals surface area contributed by atoms with Crippen molar-refractivity contribution in [2.24, 2.45) is 0 Å². The highest BCUT2D eigenvalue weighted by atomic mass is 32.2. The van der Waals surface area contributed by atoms with Gasteiger partial charge in [0.05, 0.1) is 13.7 Å². The molecule has 0 unspecified atom stereocenters. The Bertz CT molecular complexity index is 1000. The number of benzene rings is 1. The summed E-state index contributed by atoms with van der Waals surface area (Å²) in [7, 11) is -3.06. The maximum atomic E-state index is 13.2. The van der Waals surface area contributed by atoms with Crippen LogP contribution in [0.2, 0.25) is 0 Å². The number of aryl methyl sites for hydroxylation is 2. The van der Waals surface area contributed by atoms with Crippen molar-refractivity contribution in [1.29, 1.82) is 0 Å². The molecule has 0 fully saturated rings. The van der Waals surface area contributed by atoms with Crippen LogP contribution in [0.3, 0.4) is 0 Å². The number of nitrogens with zero attached hydrogens (tertiary/aromatic N) is 1. The van der Waals surface area contributed by atoms with E-state index in [0.717, 1.165) is 5.56 Å². The van der Waals surface area contributed by atoms with Gasteiger partial charge in [-0.15, -0.1) is 0 Å². The molecule has 28 heavy (non-hydrogen) atoms. The van der Waals surface area contributed by atoms with E-state index >= 15 is 0 Å². The Morgan fingerprint density at radius 3 is 2.39 bits per heavy atom. The highest BCUT2D eigenvalue weighted by molar-refractivity contribution is 7.93. The summed E-state index contributed by atoms with van der Waals surface area (Å²) in [6.45, 7) is 4.72. The second-order valence-electron chi connectivity index (χ2n) is 5.61. The Labute approximate surface area is 163 Å². The van der Waals surface area contributed by atoms with Crippen LogP contribution in [0.25, 0.3) is 0 Å². The minimum absolute atomic E-state index is 0.0221. The van der Waals surface area contributed by atoms with Crippen molar-refractivity contribution < 1.29 is 35.9 Å². The first-order valence-electron chi connectivity index (χ1n) is 7.84. The lowest BCUT2D eigenvalue weighted by Gasteiger charge is -2.12. The van der Waals surface area contributed by atoms with Crippen molar-refractivity contribution in [3.8, 4) is 5.75 Å². The first-order chi connectivity index (χ1) is 12.9. The molecule has 0 amide bonds. The summed E-state index contributed by atoms with van der Waals surface area (Å²) in [5.74, 6) is -1.21. The lowest BCUT2D eigenvalue weighted by atomic mass is 10.1. The fourth-order valence-corrected chi connectivity index (χ4v) is 4.54. The molecule has 0 saturated carbocycles. The number of halogens is 3. The molecule has 7 nitrogen and oxygen atoms in total. The topological polar surface area (TPSA) is 94.6 Å². The molecule has 12 heteroatoms. The van der Waals surface area contributed by atoms with Crippen LogP contribution >= 0.6 is 11.3 Å². The highest BCUT2D eigenvalue weighted by Crippen LogP contribution is 2.38. The number of rotatable bonds is 6. The summed E-state index contributed by atoms with van der Waals surface area (Å²) < 4.78 is 76.5. The van der Waals surface area contributed by atoms with E-state index in [4.69, 9.17) is 4.74 Å². The van der Waals surface area contributed by atoms with E-state index in [1.54, 1.807) is 13.8 Å². The SMILES string of the molecule is CCOC(=O)c1sc(NS(=O)(=O)c2cc(C)c(C)cc2OC)nc1C(F)(F)F. The van der Waals surface area contributed by atoms with Crippen molar-refractivity contribution in [1.82, 2.24) is 4.98 Å². The van der Waals surface area contributed by atoms with E-state index in [1.165, 1.54) is 26.2 Å². The number of aromatic nitrogens is 1. The number of alkyl halides is 3. The second kappa shape index (κ2) is 7.95. The van der Waals surface area contributed by atoms with Crippen molar-refractivity contribution >= 4 is 32.5 Å². The first-order valence-corrected chi connectivity index (χ1v) is 10.1. The van der Waals surface area contributed by atoms with Gasteiger partial charge in [0.25, 0.3) is 10.0 Å². The molecule has 0 aliphatic heterocycles. The Balaban J connectivity index is 2.50. The molecule has 0 spiro atoms. The molecule has 0 saturated heterocycles. The number of carbonyl (C=O) groups excluding carboxylic acids is 1. The maximum absolute atomic E-state index is 13.2. The van der Waals surface area contributed by atoms with Crippen LogP contribution in [0, 0.1) is 13.8 Å². The molecule has 0 radical (unpaired) electrons. The highest BCUT2D eigenvalue weighted by Gasteiger charge is 2.40. The molecular weight excluding hydrogens is 421 g/mol. The summed E-state index contributed by atoms with van der Waals surface area (Å²) in [6, 6.07) is 2.83. The fraction of sp³-hybridized carbons (Fsp3) is 0.375. The number of carbonyl (C=O) groups is 1. The summed E-state index contributed by atoms with van der Waals surface area (Å²) in [5.41, 5.74) is -0.0989. The number of hydrogen-bond donors (Lipinski definition) is 1. The van der Waals surface area contributed by atoms with Crippen LogP contribution in [-0.4, -0.2) is 33.1 Å². The van der Waals surface area contributed by atoms with Crippen LogP contribution in [-0.2, 0) is 20.9 Å². The zero-order valence-corrected chi connectivity index (χ0v) is 16.9. The van der Waals surface area contributed by atoms with Crippen LogP contribution in [0.1, 0.15) is 33.4 Å². The third kappa shape index (κ3) is 4.55. The van der Waals surface area contributed by atoms with Crippen molar-refractivity contribution in [2.45, 2.75) is 31.8 Å². The zero-order chi connectivity index (χ0) is 21.3. The van der Waals surface area contributed by atoms with Gasteiger partial charge >= 0.3 is 12.1 Å². The van der Waals surface area contributed by atoms with Gasteiger partial charge in [-0.25, -0.2) is 18.2 Å². The molecule has 1 heterocycles. The number of anilines is 1. The maximum Gasteiger partial charge on any atom is 0.435 e. The first kappa shape index (κ1) is 22.0. The quantitative estimate of drug-likeness (QED) is 0.690. The molecule has 1 aromatic carbocycles. The molecule has 0 atom stereocenters. The lowest BCUT2D eigenvalue weighted by Crippen LogP contribution is -2.15. The van der Waals surface area contributed by atoms with E-state index in [0.29, 0.717) is 5.56 Å². The fourth-order valence-electron chi connectivity index (χ4n) is 2.19. The number of esters is 1. The average Bonchev–Trinajstić information content (AvgIpc) is 3.00.